The molecule has 0 fully saturated rings. The summed E-state index contributed by atoms with van der Waals surface area (Å²) in [5.41, 5.74) is -3.76. The Morgan fingerprint density at radius 3 is 1.67 bits per heavy atom. The standard InChI is InChI=1S/C9H5F9/c10-7(11,12)4-1-5(8(13,14)15)3-6(2-4)9(16,17)18/h1-2,5H,3H2. The smallest absolute Gasteiger partial charge is 0.170 e. The van der Waals surface area contributed by atoms with Gasteiger partial charge in [0.15, 0.2) is 0 Å². The average Bonchev–Trinajstić information content (AvgIpc) is 2.13. The van der Waals surface area contributed by atoms with Crippen LogP contribution < -0.4 is 0 Å². The molecule has 1 aliphatic carbocycles. The zero-order valence-electron chi connectivity index (χ0n) is 8.34. The van der Waals surface area contributed by atoms with Crippen molar-refractivity contribution in [1.29, 1.82) is 0 Å². The summed E-state index contributed by atoms with van der Waals surface area (Å²) in [6.07, 6.45) is -17.7. The number of allylic oxidation sites excluding steroid dienone is 4. The fraction of sp³-hybridized carbons (Fsp3) is 0.556. The third-order valence-electron chi connectivity index (χ3n) is 2.26. The van der Waals surface area contributed by atoms with Crippen molar-refractivity contribution in [3.8, 4) is 0 Å². The highest BCUT2D eigenvalue weighted by molar-refractivity contribution is 5.35. The maximum atomic E-state index is 12.3. The van der Waals surface area contributed by atoms with Crippen LogP contribution in [0.25, 0.3) is 0 Å². The summed E-state index contributed by atoms with van der Waals surface area (Å²) >= 11 is 0. The van der Waals surface area contributed by atoms with Crippen LogP contribution in [0.15, 0.2) is 23.3 Å². The molecule has 0 N–H and O–H groups in total. The summed E-state index contributed by atoms with van der Waals surface area (Å²) in [5, 5.41) is 0. The highest BCUT2D eigenvalue weighted by Crippen LogP contribution is 2.44. The summed E-state index contributed by atoms with van der Waals surface area (Å²) in [6.45, 7) is 0. The monoisotopic (exact) mass is 284 g/mol. The first-order valence-electron chi connectivity index (χ1n) is 4.45. The number of hydrogen-bond acceptors (Lipinski definition) is 0. The van der Waals surface area contributed by atoms with Gasteiger partial charge >= 0.3 is 18.5 Å². The van der Waals surface area contributed by atoms with Gasteiger partial charge in [-0.2, -0.15) is 39.5 Å². The molecule has 0 radical (unpaired) electrons. The quantitative estimate of drug-likeness (QED) is 0.573. The van der Waals surface area contributed by atoms with Crippen LogP contribution in [0.2, 0.25) is 0 Å². The number of halogens is 9. The summed E-state index contributed by atoms with van der Waals surface area (Å²) in [4.78, 5) is 0. The molecule has 9 heteroatoms. The Kier molecular flexibility index (Phi) is 3.48. The summed E-state index contributed by atoms with van der Waals surface area (Å²) in [5.74, 6) is -2.78. The molecule has 0 saturated heterocycles. The first-order chi connectivity index (χ1) is 7.82. The Morgan fingerprint density at radius 2 is 1.33 bits per heavy atom. The van der Waals surface area contributed by atoms with Gasteiger partial charge in [-0.1, -0.05) is 6.08 Å². The second kappa shape index (κ2) is 4.20. The summed E-state index contributed by atoms with van der Waals surface area (Å²) < 4.78 is 110. The zero-order valence-corrected chi connectivity index (χ0v) is 8.34. The van der Waals surface area contributed by atoms with Gasteiger partial charge in [0.25, 0.3) is 0 Å². The second-order valence-corrected chi connectivity index (χ2v) is 3.64. The van der Waals surface area contributed by atoms with Crippen LogP contribution in [0, 0.1) is 5.92 Å². The van der Waals surface area contributed by atoms with Crippen LogP contribution in [0.4, 0.5) is 39.5 Å². The highest BCUT2D eigenvalue weighted by Gasteiger charge is 2.48. The van der Waals surface area contributed by atoms with Crippen molar-refractivity contribution in [2.24, 2.45) is 5.92 Å². The normalized spacial score (nSPS) is 22.6. The predicted molar refractivity (Wildman–Crippen MR) is 42.4 cm³/mol. The molecule has 0 saturated carbocycles. The molecule has 1 atom stereocenters. The molecule has 1 aliphatic rings. The average molecular weight is 284 g/mol. The van der Waals surface area contributed by atoms with Crippen molar-refractivity contribution in [3.05, 3.63) is 23.3 Å². The lowest BCUT2D eigenvalue weighted by Gasteiger charge is -2.25. The second-order valence-electron chi connectivity index (χ2n) is 3.64. The van der Waals surface area contributed by atoms with Gasteiger partial charge < -0.3 is 0 Å². The third-order valence-corrected chi connectivity index (χ3v) is 2.26. The first-order valence-corrected chi connectivity index (χ1v) is 4.45. The van der Waals surface area contributed by atoms with Crippen molar-refractivity contribution in [2.75, 3.05) is 0 Å². The van der Waals surface area contributed by atoms with E-state index in [4.69, 9.17) is 0 Å². The molecule has 0 aromatic rings. The maximum Gasteiger partial charge on any atom is 0.416 e. The molecule has 0 aromatic carbocycles. The molecule has 1 unspecified atom stereocenters. The molecule has 0 aromatic heterocycles. The minimum absolute atomic E-state index is 0.227. The number of hydrogen-bond donors (Lipinski definition) is 0. The SMILES string of the molecule is FC(F)(F)C1=CC(C(F)(F)F)CC(C(F)(F)F)=C1. The Morgan fingerprint density at radius 1 is 0.833 bits per heavy atom. The van der Waals surface area contributed by atoms with Gasteiger partial charge in [-0.3, -0.25) is 0 Å². The van der Waals surface area contributed by atoms with Crippen molar-refractivity contribution in [2.45, 2.75) is 24.9 Å². The van der Waals surface area contributed by atoms with E-state index in [1.54, 1.807) is 0 Å². The van der Waals surface area contributed by atoms with Crippen LogP contribution in [0.5, 0.6) is 0 Å². The van der Waals surface area contributed by atoms with Gasteiger partial charge in [0.2, 0.25) is 0 Å². The van der Waals surface area contributed by atoms with Crippen molar-refractivity contribution < 1.29 is 39.5 Å². The van der Waals surface area contributed by atoms with Crippen molar-refractivity contribution >= 4 is 0 Å². The highest BCUT2D eigenvalue weighted by atomic mass is 19.4. The first kappa shape index (κ1) is 14.9. The van der Waals surface area contributed by atoms with Crippen LogP contribution in [0.3, 0.4) is 0 Å². The molecule has 1 rings (SSSR count). The molecule has 0 aliphatic heterocycles. The van der Waals surface area contributed by atoms with Gasteiger partial charge in [0, 0.05) is 5.57 Å². The molecular formula is C9H5F9. The zero-order chi connectivity index (χ0) is 14.4. The van der Waals surface area contributed by atoms with E-state index in [-0.39, 0.29) is 12.2 Å². The fourth-order valence-electron chi connectivity index (χ4n) is 1.39. The molecular weight excluding hydrogens is 279 g/mol. The van der Waals surface area contributed by atoms with E-state index in [9.17, 15) is 39.5 Å². The summed E-state index contributed by atoms with van der Waals surface area (Å²) in [6, 6.07) is 0. The van der Waals surface area contributed by atoms with Crippen LogP contribution >= 0.6 is 0 Å². The van der Waals surface area contributed by atoms with E-state index in [0.717, 1.165) is 0 Å². The van der Waals surface area contributed by atoms with Gasteiger partial charge in [-0.15, -0.1) is 0 Å². The van der Waals surface area contributed by atoms with E-state index < -0.39 is 42.0 Å². The van der Waals surface area contributed by atoms with Crippen LogP contribution in [-0.4, -0.2) is 18.5 Å². The Labute approximate surface area is 94.8 Å². The molecule has 0 bridgehead atoms. The van der Waals surface area contributed by atoms with Crippen molar-refractivity contribution in [1.82, 2.24) is 0 Å². The van der Waals surface area contributed by atoms with Gasteiger partial charge in [0.05, 0.1) is 11.5 Å². The Hall–Kier alpha value is -1.15. The number of alkyl halides is 9. The molecule has 0 heterocycles. The molecule has 104 valence electrons. The lowest BCUT2D eigenvalue weighted by Crippen LogP contribution is -2.29. The molecule has 0 spiro atoms. The molecule has 0 amide bonds. The van der Waals surface area contributed by atoms with E-state index in [0.29, 0.717) is 0 Å². The minimum Gasteiger partial charge on any atom is -0.170 e. The van der Waals surface area contributed by atoms with Crippen LogP contribution in [0.1, 0.15) is 6.42 Å². The van der Waals surface area contributed by atoms with Crippen molar-refractivity contribution in [3.63, 3.8) is 0 Å². The molecule has 0 nitrogen and oxygen atoms in total. The predicted octanol–water partition coefficient (Wildman–Crippen LogP) is 4.55. The largest absolute Gasteiger partial charge is 0.416 e. The molecule has 18 heavy (non-hydrogen) atoms. The van der Waals surface area contributed by atoms with E-state index >= 15 is 0 Å². The maximum absolute atomic E-state index is 12.3. The van der Waals surface area contributed by atoms with Gasteiger partial charge in [-0.05, 0) is 12.5 Å². The fourth-order valence-corrected chi connectivity index (χ4v) is 1.39. The van der Waals surface area contributed by atoms with E-state index in [1.165, 1.54) is 0 Å². The summed E-state index contributed by atoms with van der Waals surface area (Å²) in [7, 11) is 0. The van der Waals surface area contributed by atoms with Gasteiger partial charge in [0.1, 0.15) is 0 Å². The van der Waals surface area contributed by atoms with Gasteiger partial charge in [-0.25, -0.2) is 0 Å². The lowest BCUT2D eigenvalue weighted by atomic mass is 9.89. The minimum atomic E-state index is -5.25. The third kappa shape index (κ3) is 3.42. The van der Waals surface area contributed by atoms with E-state index in [1.807, 2.05) is 0 Å². The topological polar surface area (TPSA) is 0 Å². The number of rotatable bonds is 0. The Bertz CT molecular complexity index is 376. The Balaban J connectivity index is 3.21. The lowest BCUT2D eigenvalue weighted by molar-refractivity contribution is -0.167. The van der Waals surface area contributed by atoms with E-state index in [2.05, 4.69) is 0 Å². The van der Waals surface area contributed by atoms with Crippen LogP contribution in [-0.2, 0) is 0 Å².